The molecule has 2 aromatic carbocycles. The molecule has 3 rings (SSSR count). The third-order valence-corrected chi connectivity index (χ3v) is 5.18. The highest BCUT2D eigenvalue weighted by molar-refractivity contribution is 6.50. The molecule has 0 atom stereocenters. The van der Waals surface area contributed by atoms with Crippen molar-refractivity contribution in [1.82, 2.24) is 0 Å². The molecule has 2 aromatic rings. The van der Waals surface area contributed by atoms with Crippen molar-refractivity contribution in [3.8, 4) is 0 Å². The van der Waals surface area contributed by atoms with E-state index in [1.165, 1.54) is 11.1 Å². The van der Waals surface area contributed by atoms with Gasteiger partial charge in [0.25, 0.3) is 0 Å². The molecule has 0 fully saturated rings. The maximum Gasteiger partial charge on any atom is 0.140 e. The van der Waals surface area contributed by atoms with Crippen molar-refractivity contribution in [3.63, 3.8) is 0 Å². The number of ether oxygens (including phenoxy) is 2. The Labute approximate surface area is 177 Å². The lowest BCUT2D eigenvalue weighted by atomic mass is 10.0. The second-order valence-corrected chi connectivity index (χ2v) is 8.45. The van der Waals surface area contributed by atoms with Gasteiger partial charge in [0.2, 0.25) is 0 Å². The number of benzene rings is 2. The van der Waals surface area contributed by atoms with Gasteiger partial charge in [0.1, 0.15) is 10.4 Å². The van der Waals surface area contributed by atoms with E-state index in [-0.39, 0.29) is 6.10 Å². The van der Waals surface area contributed by atoms with Gasteiger partial charge in [0, 0.05) is 19.6 Å². The maximum absolute atomic E-state index is 6.23. The Hall–Kier alpha value is -1.58. The standard InChI is InChI=1S/C24H26Cl2O2/c25-24(26)15-13-20(14-16-24)19-27-17-7-8-18-28-23(21-9-3-1-4-10-21)22-11-5-2-6-12-22/h1-6,9-15,23H,7-8,16-19H2. The molecule has 4 heteroatoms. The van der Waals surface area contributed by atoms with E-state index in [2.05, 4.69) is 48.5 Å². The normalized spacial score (nSPS) is 15.6. The highest BCUT2D eigenvalue weighted by Gasteiger charge is 2.21. The molecule has 148 valence electrons. The van der Waals surface area contributed by atoms with Crippen LogP contribution in [0.3, 0.4) is 0 Å². The van der Waals surface area contributed by atoms with Crippen molar-refractivity contribution in [1.29, 1.82) is 0 Å². The van der Waals surface area contributed by atoms with Gasteiger partial charge >= 0.3 is 0 Å². The molecule has 1 aliphatic carbocycles. The lowest BCUT2D eigenvalue weighted by molar-refractivity contribution is 0.0696. The highest BCUT2D eigenvalue weighted by Crippen LogP contribution is 2.31. The highest BCUT2D eigenvalue weighted by atomic mass is 35.5. The minimum Gasteiger partial charge on any atom is -0.377 e. The minimum absolute atomic E-state index is 0.0350. The fourth-order valence-corrected chi connectivity index (χ4v) is 3.36. The zero-order chi connectivity index (χ0) is 19.7. The van der Waals surface area contributed by atoms with Gasteiger partial charge in [-0.25, -0.2) is 0 Å². The van der Waals surface area contributed by atoms with Gasteiger partial charge in [0.15, 0.2) is 0 Å². The summed E-state index contributed by atoms with van der Waals surface area (Å²) in [4.78, 5) is 0. The molecule has 0 unspecified atom stereocenters. The summed E-state index contributed by atoms with van der Waals surface area (Å²) in [7, 11) is 0. The number of rotatable bonds is 10. The van der Waals surface area contributed by atoms with Crippen LogP contribution < -0.4 is 0 Å². The molecule has 0 N–H and O–H groups in total. The Morgan fingerprint density at radius 2 is 1.46 bits per heavy atom. The molecule has 0 heterocycles. The predicted octanol–water partition coefficient (Wildman–Crippen LogP) is 6.65. The molecule has 0 bridgehead atoms. The number of hydrogen-bond donors (Lipinski definition) is 0. The fourth-order valence-electron chi connectivity index (χ4n) is 3.08. The molecule has 0 radical (unpaired) electrons. The lowest BCUT2D eigenvalue weighted by Gasteiger charge is -2.19. The van der Waals surface area contributed by atoms with Gasteiger partial charge in [-0.1, -0.05) is 96.0 Å². The average Bonchev–Trinajstić information content (AvgIpc) is 2.72. The summed E-state index contributed by atoms with van der Waals surface area (Å²) in [5, 5.41) is 0. The zero-order valence-electron chi connectivity index (χ0n) is 15.9. The Balaban J connectivity index is 1.38. The van der Waals surface area contributed by atoms with Gasteiger partial charge in [-0.2, -0.15) is 0 Å². The molecule has 0 amide bonds. The second-order valence-electron chi connectivity index (χ2n) is 6.91. The quantitative estimate of drug-likeness (QED) is 0.318. The smallest absolute Gasteiger partial charge is 0.140 e. The number of unbranched alkanes of at least 4 members (excludes halogenated alkanes) is 1. The van der Waals surface area contributed by atoms with Crippen LogP contribution in [0.25, 0.3) is 0 Å². The molecule has 0 aliphatic heterocycles. The van der Waals surface area contributed by atoms with Crippen molar-refractivity contribution in [2.24, 2.45) is 0 Å². The summed E-state index contributed by atoms with van der Waals surface area (Å²) in [6.45, 7) is 2.00. The fraction of sp³-hybridized carbons (Fsp3) is 0.333. The Kier molecular flexibility index (Phi) is 8.17. The molecular weight excluding hydrogens is 391 g/mol. The van der Waals surface area contributed by atoms with Gasteiger partial charge < -0.3 is 9.47 Å². The molecule has 0 spiro atoms. The van der Waals surface area contributed by atoms with E-state index in [0.717, 1.165) is 18.4 Å². The summed E-state index contributed by atoms with van der Waals surface area (Å²) in [6, 6.07) is 20.7. The first-order chi connectivity index (χ1) is 13.6. The monoisotopic (exact) mass is 416 g/mol. The van der Waals surface area contributed by atoms with E-state index in [0.29, 0.717) is 26.2 Å². The number of halogens is 2. The average molecular weight is 417 g/mol. The van der Waals surface area contributed by atoms with Crippen LogP contribution in [0.1, 0.15) is 36.5 Å². The van der Waals surface area contributed by atoms with E-state index in [1.807, 2.05) is 30.4 Å². The summed E-state index contributed by atoms with van der Waals surface area (Å²) in [5.74, 6) is 0. The van der Waals surface area contributed by atoms with E-state index in [4.69, 9.17) is 32.7 Å². The van der Waals surface area contributed by atoms with Crippen LogP contribution in [0.2, 0.25) is 0 Å². The maximum atomic E-state index is 6.23. The first-order valence-electron chi connectivity index (χ1n) is 9.69. The van der Waals surface area contributed by atoms with Crippen LogP contribution in [0.5, 0.6) is 0 Å². The van der Waals surface area contributed by atoms with Crippen LogP contribution >= 0.6 is 23.2 Å². The number of hydrogen-bond acceptors (Lipinski definition) is 2. The lowest BCUT2D eigenvalue weighted by Crippen LogP contribution is -2.12. The van der Waals surface area contributed by atoms with Crippen molar-refractivity contribution >= 4 is 23.2 Å². The molecule has 1 aliphatic rings. The first-order valence-corrected chi connectivity index (χ1v) is 10.4. The van der Waals surface area contributed by atoms with Crippen molar-refractivity contribution in [3.05, 3.63) is 95.6 Å². The molecular formula is C24H26Cl2O2. The topological polar surface area (TPSA) is 18.5 Å². The van der Waals surface area contributed by atoms with Crippen LogP contribution in [-0.4, -0.2) is 24.2 Å². The minimum atomic E-state index is -0.769. The summed E-state index contributed by atoms with van der Waals surface area (Å²) in [5.41, 5.74) is 3.48. The van der Waals surface area contributed by atoms with Crippen molar-refractivity contribution in [2.45, 2.75) is 29.7 Å². The SMILES string of the molecule is ClC1(Cl)C=CC(COCCCCOC(c2ccccc2)c2ccccc2)=CC1. The van der Waals surface area contributed by atoms with Crippen molar-refractivity contribution in [2.75, 3.05) is 19.8 Å². The van der Waals surface area contributed by atoms with Crippen LogP contribution in [-0.2, 0) is 9.47 Å². The predicted molar refractivity (Wildman–Crippen MR) is 117 cm³/mol. The third-order valence-electron chi connectivity index (χ3n) is 4.62. The van der Waals surface area contributed by atoms with Gasteiger partial charge in [-0.3, -0.25) is 0 Å². The van der Waals surface area contributed by atoms with E-state index in [1.54, 1.807) is 0 Å². The largest absolute Gasteiger partial charge is 0.377 e. The van der Waals surface area contributed by atoms with E-state index in [9.17, 15) is 0 Å². The van der Waals surface area contributed by atoms with E-state index >= 15 is 0 Å². The molecule has 0 aromatic heterocycles. The Morgan fingerprint density at radius 1 is 0.857 bits per heavy atom. The van der Waals surface area contributed by atoms with E-state index < -0.39 is 4.33 Å². The van der Waals surface area contributed by atoms with Crippen LogP contribution in [0, 0.1) is 0 Å². The Morgan fingerprint density at radius 3 is 2.04 bits per heavy atom. The summed E-state index contributed by atoms with van der Waals surface area (Å²) < 4.78 is 11.2. The third kappa shape index (κ3) is 6.79. The number of alkyl halides is 2. The summed E-state index contributed by atoms with van der Waals surface area (Å²) >= 11 is 12.1. The first kappa shape index (κ1) is 21.1. The summed E-state index contributed by atoms with van der Waals surface area (Å²) in [6.07, 6.45) is 8.30. The van der Waals surface area contributed by atoms with Gasteiger partial charge in [-0.15, -0.1) is 0 Å². The van der Waals surface area contributed by atoms with Crippen LogP contribution in [0.4, 0.5) is 0 Å². The zero-order valence-corrected chi connectivity index (χ0v) is 17.4. The van der Waals surface area contributed by atoms with Crippen LogP contribution in [0.15, 0.2) is 84.5 Å². The molecule has 0 saturated carbocycles. The Bertz CT molecular complexity index is 730. The van der Waals surface area contributed by atoms with Crippen molar-refractivity contribution < 1.29 is 9.47 Å². The molecule has 28 heavy (non-hydrogen) atoms. The van der Waals surface area contributed by atoms with Gasteiger partial charge in [0.05, 0.1) is 6.61 Å². The molecule has 2 nitrogen and oxygen atoms in total. The van der Waals surface area contributed by atoms with Gasteiger partial charge in [-0.05, 0) is 35.6 Å². The second kappa shape index (κ2) is 10.8. The number of allylic oxidation sites excluding steroid dienone is 2. The molecule has 0 saturated heterocycles.